The highest BCUT2D eigenvalue weighted by Gasteiger charge is 2.25. The molecule has 8 heteroatoms. The van der Waals surface area contributed by atoms with Gasteiger partial charge in [-0.3, -0.25) is 4.79 Å². The minimum Gasteiger partial charge on any atom is -0.368 e. The molecule has 7 nitrogen and oxygen atoms in total. The van der Waals surface area contributed by atoms with E-state index in [4.69, 9.17) is 17.3 Å². The Hall–Kier alpha value is -1.60. The second kappa shape index (κ2) is 7.60. The highest BCUT2D eigenvalue weighted by molar-refractivity contribution is 6.29. The van der Waals surface area contributed by atoms with Gasteiger partial charge in [-0.25, -0.2) is 4.98 Å². The lowest BCUT2D eigenvalue weighted by Gasteiger charge is -2.32. The number of halogens is 1. The predicted octanol–water partition coefficient (Wildman–Crippen LogP) is 0.606. The summed E-state index contributed by atoms with van der Waals surface area (Å²) in [5, 5.41) is 3.33. The Morgan fingerprint density at radius 2 is 2.14 bits per heavy atom. The molecule has 1 aliphatic heterocycles. The van der Waals surface area contributed by atoms with E-state index in [9.17, 15) is 4.79 Å². The fraction of sp³-hybridized carbons (Fsp3) is 0.643. The number of nitrogens with zero attached hydrogens (tertiary/aromatic N) is 4. The van der Waals surface area contributed by atoms with Gasteiger partial charge in [-0.1, -0.05) is 11.6 Å². The summed E-state index contributed by atoms with van der Waals surface area (Å²) < 4.78 is 0. The third kappa shape index (κ3) is 4.71. The summed E-state index contributed by atoms with van der Waals surface area (Å²) in [5.74, 6) is 1.10. The Morgan fingerprint density at radius 1 is 1.45 bits per heavy atom. The lowest BCUT2D eigenvalue weighted by atomic mass is 9.96. The summed E-state index contributed by atoms with van der Waals surface area (Å²) in [7, 11) is 3.98. The monoisotopic (exact) mass is 326 g/mol. The number of rotatable bonds is 5. The van der Waals surface area contributed by atoms with Crippen LogP contribution in [0, 0.1) is 5.92 Å². The van der Waals surface area contributed by atoms with Gasteiger partial charge < -0.3 is 20.9 Å². The van der Waals surface area contributed by atoms with Gasteiger partial charge in [0.05, 0.1) is 0 Å². The van der Waals surface area contributed by atoms with Crippen LogP contribution in [0.5, 0.6) is 0 Å². The molecule has 0 unspecified atom stereocenters. The molecule has 2 heterocycles. The normalized spacial score (nSPS) is 16.1. The lowest BCUT2D eigenvalue weighted by Crippen LogP contribution is -2.42. The highest BCUT2D eigenvalue weighted by Crippen LogP contribution is 2.24. The molecule has 1 aliphatic rings. The smallest absolute Gasteiger partial charge is 0.223 e. The number of carbonyl (C=O) groups excluding carboxylic acids is 1. The van der Waals surface area contributed by atoms with Crippen LogP contribution in [0.25, 0.3) is 0 Å². The van der Waals surface area contributed by atoms with Gasteiger partial charge in [0.15, 0.2) is 0 Å². The number of nitrogens with two attached hydrogens (primary N) is 1. The van der Waals surface area contributed by atoms with Crippen molar-refractivity contribution in [1.29, 1.82) is 0 Å². The summed E-state index contributed by atoms with van der Waals surface area (Å²) in [6, 6.07) is 1.70. The average molecular weight is 327 g/mol. The zero-order valence-electron chi connectivity index (χ0n) is 13.0. The second-order valence-electron chi connectivity index (χ2n) is 5.76. The van der Waals surface area contributed by atoms with Crippen molar-refractivity contribution in [3.05, 3.63) is 11.2 Å². The van der Waals surface area contributed by atoms with E-state index in [1.54, 1.807) is 6.07 Å². The van der Waals surface area contributed by atoms with E-state index in [1.165, 1.54) is 0 Å². The maximum absolute atomic E-state index is 12.1. The van der Waals surface area contributed by atoms with Gasteiger partial charge in [-0.2, -0.15) is 4.98 Å². The molecule has 22 heavy (non-hydrogen) atoms. The summed E-state index contributed by atoms with van der Waals surface area (Å²) in [6.45, 7) is 3.06. The maximum Gasteiger partial charge on any atom is 0.223 e. The minimum atomic E-state index is 0.0630. The van der Waals surface area contributed by atoms with Crippen molar-refractivity contribution in [3.8, 4) is 0 Å². The van der Waals surface area contributed by atoms with Crippen LogP contribution in [0.1, 0.15) is 12.8 Å². The fourth-order valence-electron chi connectivity index (χ4n) is 2.50. The van der Waals surface area contributed by atoms with E-state index in [1.807, 2.05) is 19.0 Å². The number of nitrogens with one attached hydrogen (secondary N) is 1. The van der Waals surface area contributed by atoms with E-state index in [-0.39, 0.29) is 17.8 Å². The van der Waals surface area contributed by atoms with Crippen LogP contribution in [0.2, 0.25) is 5.15 Å². The number of likely N-dealkylation sites (N-methyl/N-ethyl adjacent to an activating group) is 1. The first-order chi connectivity index (χ1) is 10.5. The molecule has 1 amide bonds. The van der Waals surface area contributed by atoms with Gasteiger partial charge in [0.25, 0.3) is 0 Å². The van der Waals surface area contributed by atoms with Crippen LogP contribution in [0.3, 0.4) is 0 Å². The highest BCUT2D eigenvalue weighted by atomic mass is 35.5. The van der Waals surface area contributed by atoms with Crippen LogP contribution in [0.15, 0.2) is 6.07 Å². The van der Waals surface area contributed by atoms with E-state index < -0.39 is 0 Å². The largest absolute Gasteiger partial charge is 0.368 e. The number of anilines is 2. The Kier molecular flexibility index (Phi) is 5.79. The molecule has 0 radical (unpaired) electrons. The summed E-state index contributed by atoms with van der Waals surface area (Å²) >= 11 is 5.91. The fourth-order valence-corrected chi connectivity index (χ4v) is 2.69. The Bertz CT molecular complexity index is 496. The topological polar surface area (TPSA) is 87.4 Å². The molecule has 0 atom stereocenters. The number of nitrogen functional groups attached to an aromatic ring is 1. The van der Waals surface area contributed by atoms with Crippen LogP contribution in [0.4, 0.5) is 11.8 Å². The van der Waals surface area contributed by atoms with Gasteiger partial charge in [0.1, 0.15) is 11.0 Å². The number of piperidine rings is 1. The Labute approximate surface area is 135 Å². The zero-order valence-corrected chi connectivity index (χ0v) is 13.8. The minimum absolute atomic E-state index is 0.0630. The standard InChI is InChI=1S/C14H23ClN6O/c1-20(2)8-5-17-13(22)10-3-6-21(7-4-10)12-9-11(15)18-14(16)19-12/h9-10H,3-8H2,1-2H3,(H,17,22)(H2,16,18,19). The quantitative estimate of drug-likeness (QED) is 0.771. The first-order valence-corrected chi connectivity index (χ1v) is 7.81. The van der Waals surface area contributed by atoms with Crippen molar-refractivity contribution in [2.24, 2.45) is 5.92 Å². The summed E-state index contributed by atoms with van der Waals surface area (Å²) in [6.07, 6.45) is 1.60. The molecule has 1 aromatic heterocycles. The molecular formula is C14H23ClN6O. The molecule has 1 aromatic rings. The SMILES string of the molecule is CN(C)CCNC(=O)C1CCN(c2cc(Cl)nc(N)n2)CC1. The molecule has 0 bridgehead atoms. The van der Waals surface area contributed by atoms with Crippen molar-refractivity contribution in [1.82, 2.24) is 20.2 Å². The number of amides is 1. The van der Waals surface area contributed by atoms with Gasteiger partial charge in [0.2, 0.25) is 11.9 Å². The van der Waals surface area contributed by atoms with Crippen molar-refractivity contribution in [3.63, 3.8) is 0 Å². The van der Waals surface area contributed by atoms with Gasteiger partial charge >= 0.3 is 0 Å². The number of carbonyl (C=O) groups is 1. The first kappa shape index (κ1) is 16.8. The van der Waals surface area contributed by atoms with Crippen LogP contribution in [-0.2, 0) is 4.79 Å². The molecular weight excluding hydrogens is 304 g/mol. The van der Waals surface area contributed by atoms with Crippen molar-refractivity contribution >= 4 is 29.3 Å². The van der Waals surface area contributed by atoms with E-state index in [0.29, 0.717) is 11.7 Å². The van der Waals surface area contributed by atoms with E-state index >= 15 is 0 Å². The number of hydrogen-bond acceptors (Lipinski definition) is 6. The third-order valence-corrected chi connectivity index (χ3v) is 3.94. The van der Waals surface area contributed by atoms with Crippen LogP contribution >= 0.6 is 11.6 Å². The number of hydrogen-bond donors (Lipinski definition) is 2. The second-order valence-corrected chi connectivity index (χ2v) is 6.15. The van der Waals surface area contributed by atoms with Gasteiger partial charge in [0, 0.05) is 38.2 Å². The lowest BCUT2D eigenvalue weighted by molar-refractivity contribution is -0.125. The number of aromatic nitrogens is 2. The molecule has 2 rings (SSSR count). The molecule has 0 aromatic carbocycles. The summed E-state index contributed by atoms with van der Waals surface area (Å²) in [5.41, 5.74) is 5.62. The molecule has 0 aliphatic carbocycles. The van der Waals surface area contributed by atoms with Crippen molar-refractivity contribution in [2.75, 3.05) is 50.9 Å². The van der Waals surface area contributed by atoms with Gasteiger partial charge in [-0.05, 0) is 26.9 Å². The molecule has 1 saturated heterocycles. The van der Waals surface area contributed by atoms with Crippen LogP contribution in [-0.4, -0.2) is 61.0 Å². The van der Waals surface area contributed by atoms with E-state index in [0.717, 1.165) is 38.3 Å². The molecule has 0 saturated carbocycles. The molecule has 122 valence electrons. The van der Waals surface area contributed by atoms with Crippen molar-refractivity contribution in [2.45, 2.75) is 12.8 Å². The summed E-state index contributed by atoms with van der Waals surface area (Å²) in [4.78, 5) is 24.3. The predicted molar refractivity (Wildman–Crippen MR) is 88.0 cm³/mol. The average Bonchev–Trinajstić information content (AvgIpc) is 2.46. The van der Waals surface area contributed by atoms with E-state index in [2.05, 4.69) is 20.2 Å². The third-order valence-electron chi connectivity index (χ3n) is 3.75. The zero-order chi connectivity index (χ0) is 16.1. The molecule has 1 fully saturated rings. The molecule has 0 spiro atoms. The maximum atomic E-state index is 12.1. The first-order valence-electron chi connectivity index (χ1n) is 7.43. The Balaban J connectivity index is 1.83. The van der Waals surface area contributed by atoms with Gasteiger partial charge in [-0.15, -0.1) is 0 Å². The van der Waals surface area contributed by atoms with Crippen LogP contribution < -0.4 is 16.0 Å². The van der Waals surface area contributed by atoms with Crippen molar-refractivity contribution < 1.29 is 4.79 Å². The Morgan fingerprint density at radius 3 is 2.73 bits per heavy atom. The molecule has 3 N–H and O–H groups in total.